The van der Waals surface area contributed by atoms with Crippen molar-refractivity contribution < 1.29 is 53.5 Å². The van der Waals surface area contributed by atoms with Crippen molar-refractivity contribution in [2.75, 3.05) is 32.7 Å². The van der Waals surface area contributed by atoms with Crippen LogP contribution in [-0.2, 0) is 15.1 Å². The number of nitrogens with one attached hydrogen (secondary N) is 1. The second-order valence-corrected chi connectivity index (χ2v) is 13.6. The first-order valence-corrected chi connectivity index (χ1v) is 16.4. The van der Waals surface area contributed by atoms with E-state index in [0.29, 0.717) is 36.3 Å². The van der Waals surface area contributed by atoms with Gasteiger partial charge in [-0.2, -0.15) is 0 Å². The van der Waals surface area contributed by atoms with Crippen molar-refractivity contribution in [1.82, 2.24) is 5.32 Å². The van der Waals surface area contributed by atoms with Gasteiger partial charge in [0, 0.05) is 24.3 Å². The maximum Gasteiger partial charge on any atom is 0.348 e. The molecule has 3 saturated heterocycles. The summed E-state index contributed by atoms with van der Waals surface area (Å²) in [6.07, 6.45) is 1.50. The number of nitrogens with zero attached hydrogens (tertiary/aromatic N) is 1. The fourth-order valence-corrected chi connectivity index (χ4v) is 5.98. The van der Waals surface area contributed by atoms with E-state index in [2.05, 4.69) is 5.32 Å². The molecule has 45 heavy (non-hydrogen) atoms. The van der Waals surface area contributed by atoms with Gasteiger partial charge < -0.3 is 19.6 Å². The first kappa shape index (κ1) is 34.6. The minimum Gasteiger partial charge on any atom is -0.453 e. The van der Waals surface area contributed by atoms with Crippen LogP contribution in [0.15, 0.2) is 78.9 Å². The van der Waals surface area contributed by atoms with Crippen LogP contribution in [0.5, 0.6) is 0 Å². The van der Waals surface area contributed by atoms with Gasteiger partial charge in [-0.15, -0.1) is 0 Å². The summed E-state index contributed by atoms with van der Waals surface area (Å²) in [6, 6.07) is 21.7. The maximum absolute atomic E-state index is 13.7. The topological polar surface area (TPSA) is 75.6 Å². The number of hydrogen-bond donors (Lipinski definition) is 2. The van der Waals surface area contributed by atoms with E-state index in [1.807, 2.05) is 12.1 Å². The average molecular weight is 683 g/mol. The molecule has 2 N–H and O–H groups in total. The molecule has 0 unspecified atom stereocenters. The van der Waals surface area contributed by atoms with Gasteiger partial charge in [0.25, 0.3) is 5.91 Å². The molecule has 3 aromatic rings. The molecule has 3 fully saturated rings. The van der Waals surface area contributed by atoms with E-state index in [-0.39, 0.29) is 23.0 Å². The van der Waals surface area contributed by atoms with E-state index in [9.17, 15) is 44.3 Å². The van der Waals surface area contributed by atoms with Crippen LogP contribution < -0.4 is 5.32 Å². The first-order valence-electron chi connectivity index (χ1n) is 13.9. The first-order chi connectivity index (χ1) is 20.8. The number of carbonyl (C=O) groups is 2. The second kappa shape index (κ2) is 12.2. The zero-order valence-corrected chi connectivity index (χ0v) is 25.4. The smallest absolute Gasteiger partial charge is 0.348 e. The molecule has 6 nitrogen and oxygen atoms in total. The Labute approximate surface area is 259 Å². The summed E-state index contributed by atoms with van der Waals surface area (Å²) >= 11 is 5.81. The van der Waals surface area contributed by atoms with Gasteiger partial charge in [-0.25, -0.2) is 9.18 Å². The molecule has 3 aliphatic rings. The zero-order valence-electron chi connectivity index (χ0n) is 23.7. The van der Waals surface area contributed by atoms with Crippen molar-refractivity contribution >= 4 is 31.3 Å². The number of carbonyl (C=O) groups excluding carboxylic acids is 2. The summed E-state index contributed by atoms with van der Waals surface area (Å²) in [5.41, 5.74) is -0.680. The van der Waals surface area contributed by atoms with Crippen molar-refractivity contribution in [3.63, 3.8) is 0 Å². The molecular weight excluding hydrogens is 652 g/mol. The van der Waals surface area contributed by atoms with Gasteiger partial charge in [0.1, 0.15) is 12.4 Å². The van der Waals surface area contributed by atoms with E-state index < -0.39 is 25.2 Å². The molecule has 3 aliphatic heterocycles. The molecule has 0 saturated carbocycles. The minimum atomic E-state index is -10.7. The van der Waals surface area contributed by atoms with Crippen LogP contribution in [0.4, 0.5) is 29.6 Å². The average Bonchev–Trinajstić information content (AvgIpc) is 2.98. The third kappa shape index (κ3) is 9.62. The van der Waals surface area contributed by atoms with Crippen LogP contribution in [0.25, 0.3) is 0 Å². The largest absolute Gasteiger partial charge is 0.453 e. The molecule has 6 rings (SSSR count). The number of halogens is 8. The Morgan fingerprint density at radius 1 is 0.911 bits per heavy atom. The van der Waals surface area contributed by atoms with E-state index in [1.165, 1.54) is 18.2 Å². The van der Waals surface area contributed by atoms with Crippen molar-refractivity contribution in [2.45, 2.75) is 24.5 Å². The molecule has 1 atom stereocenters. The Morgan fingerprint density at radius 3 is 1.91 bits per heavy atom. The number of quaternary nitrogens is 1. The van der Waals surface area contributed by atoms with Crippen molar-refractivity contribution in [1.29, 1.82) is 0 Å². The molecule has 1 amide bonds. The zero-order chi connectivity index (χ0) is 33.2. The van der Waals surface area contributed by atoms with Gasteiger partial charge in [0.2, 0.25) is 5.60 Å². The summed E-state index contributed by atoms with van der Waals surface area (Å²) in [5, 5.41) is 14.6. The number of benzene rings is 3. The van der Waals surface area contributed by atoms with Gasteiger partial charge in [0.05, 0.1) is 31.2 Å². The van der Waals surface area contributed by atoms with Gasteiger partial charge >= 0.3 is 39.0 Å². The Bertz CT molecular complexity index is 1470. The second-order valence-electron chi connectivity index (χ2n) is 11.3. The molecule has 15 heteroatoms. The van der Waals surface area contributed by atoms with Crippen molar-refractivity contribution in [3.8, 4) is 0 Å². The van der Waals surface area contributed by atoms with Gasteiger partial charge in [-0.05, 0) is 29.3 Å². The molecule has 0 aromatic heterocycles. The fourth-order valence-electron chi connectivity index (χ4n) is 5.80. The van der Waals surface area contributed by atoms with Crippen molar-refractivity contribution in [2.24, 2.45) is 5.92 Å². The molecule has 0 spiro atoms. The minimum absolute atomic E-state index is 0.0896. The normalized spacial score (nSPS) is 22.7. The number of fused-ring (bicyclic) bond motifs is 3. The molecule has 246 valence electrons. The number of hydrogen-bond acceptors (Lipinski definition) is 4. The van der Waals surface area contributed by atoms with E-state index in [0.717, 1.165) is 30.4 Å². The van der Waals surface area contributed by atoms with Crippen LogP contribution in [0, 0.1) is 11.7 Å². The third-order valence-electron chi connectivity index (χ3n) is 8.03. The van der Waals surface area contributed by atoms with Crippen molar-refractivity contribution in [3.05, 3.63) is 106 Å². The predicted molar refractivity (Wildman–Crippen MR) is 156 cm³/mol. The summed E-state index contributed by atoms with van der Waals surface area (Å²) in [4.78, 5) is 26.2. The van der Waals surface area contributed by atoms with E-state index in [1.54, 1.807) is 48.5 Å². The monoisotopic (exact) mass is 682 g/mol. The Kier molecular flexibility index (Phi) is 9.36. The van der Waals surface area contributed by atoms with Crippen LogP contribution in [0.3, 0.4) is 0 Å². The Morgan fingerprint density at radius 2 is 1.42 bits per heavy atom. The Balaban J connectivity index is 0.000000591. The summed E-state index contributed by atoms with van der Waals surface area (Å²) in [7, 11) is -10.7. The third-order valence-corrected chi connectivity index (χ3v) is 8.32. The standard InChI is InChI=1S/C30H30ClFN2O4.F6P/c31-25-19-22(11-12-26(25)32)28(35)33-15-18-34-16-13-21(14-17-34)27(20-34)38-29(36)30(37,23-7-3-1-4-8-23)24-9-5-2-6-10-24;1-7(2,3,4,5)6/h1-12,19,21,27,37H,13-18,20H2;/q;-1/p+1/t21?,27-,34?;/m0./s1. The number of ether oxygens (including phenoxy) is 1. The molecule has 3 aromatic carbocycles. The summed E-state index contributed by atoms with van der Waals surface area (Å²) in [6.45, 7) is 3.63. The van der Waals surface area contributed by atoms with Gasteiger partial charge in [-0.1, -0.05) is 72.3 Å². The molecule has 3 heterocycles. The van der Waals surface area contributed by atoms with Crippen LogP contribution >= 0.6 is 19.4 Å². The van der Waals surface area contributed by atoms with Crippen LogP contribution in [0.2, 0.25) is 5.02 Å². The summed E-state index contributed by atoms with van der Waals surface area (Å²) in [5.74, 6) is -1.31. The number of esters is 1. The predicted octanol–water partition coefficient (Wildman–Crippen LogP) is 7.68. The number of aliphatic hydroxyl groups is 1. The van der Waals surface area contributed by atoms with E-state index in [4.69, 9.17) is 16.3 Å². The fraction of sp³-hybridized carbons (Fsp3) is 0.333. The molecule has 0 aliphatic carbocycles. The number of amides is 1. The molecule has 2 bridgehead atoms. The SMILES string of the molecule is F[P-](F)(F)(F)(F)F.O=C(NCC[N+]12CCC(CC1)[C@@H](OC(=O)C(O)(c1ccccc1)c1ccccc1)C2)c1ccc(F)c(Cl)c1. The van der Waals surface area contributed by atoms with Gasteiger partial charge in [0.15, 0.2) is 6.10 Å². The van der Waals surface area contributed by atoms with Crippen LogP contribution in [-0.4, -0.2) is 60.3 Å². The molecular formula is C30H31ClF7N2O4P. The van der Waals surface area contributed by atoms with Crippen LogP contribution in [0.1, 0.15) is 34.3 Å². The summed E-state index contributed by atoms with van der Waals surface area (Å²) < 4.78 is 79.5. The maximum atomic E-state index is 13.7. The number of piperidine rings is 3. The quantitative estimate of drug-likeness (QED) is 0.111. The van der Waals surface area contributed by atoms with E-state index >= 15 is 0 Å². The Hall–Kier alpha value is -3.25. The molecule has 0 radical (unpaired) electrons. The van der Waals surface area contributed by atoms with Gasteiger partial charge in [-0.3, -0.25) is 4.79 Å². The number of rotatable bonds is 8.